The molecule has 0 aromatic carbocycles. The van der Waals surface area contributed by atoms with Crippen molar-refractivity contribution in [3.8, 4) is 0 Å². The van der Waals surface area contributed by atoms with Gasteiger partial charge < -0.3 is 20.1 Å². The highest BCUT2D eigenvalue weighted by Crippen LogP contribution is 2.12. The molecule has 7 nitrogen and oxygen atoms in total. The number of likely N-dealkylation sites (tertiary alicyclic amines) is 1. The van der Waals surface area contributed by atoms with Gasteiger partial charge in [-0.2, -0.15) is 0 Å². The summed E-state index contributed by atoms with van der Waals surface area (Å²) in [6.45, 7) is 13.5. The maximum Gasteiger partial charge on any atom is 0.191 e. The van der Waals surface area contributed by atoms with Gasteiger partial charge in [-0.1, -0.05) is 6.92 Å². The number of nitrogens with one attached hydrogen (secondary N) is 2. The van der Waals surface area contributed by atoms with Crippen LogP contribution in [0, 0.1) is 0 Å². The number of guanidine groups is 1. The summed E-state index contributed by atoms with van der Waals surface area (Å²) in [7, 11) is 0. The van der Waals surface area contributed by atoms with E-state index in [1.807, 2.05) is 0 Å². The Morgan fingerprint density at radius 1 is 1.33 bits per heavy atom. The quantitative estimate of drug-likeness (QED) is 0.580. The molecule has 24 heavy (non-hydrogen) atoms. The summed E-state index contributed by atoms with van der Waals surface area (Å²) in [5.41, 5.74) is 0. The SMILES string of the molecule is CCNC(=NCCn1cnnc1CC)NC1CCN(C(C)C)CC1. The molecule has 0 unspecified atom stereocenters. The van der Waals surface area contributed by atoms with Crippen LogP contribution in [-0.2, 0) is 13.0 Å². The van der Waals surface area contributed by atoms with Gasteiger partial charge >= 0.3 is 0 Å². The lowest BCUT2D eigenvalue weighted by atomic mass is 10.0. The van der Waals surface area contributed by atoms with Gasteiger partial charge in [0.05, 0.1) is 6.54 Å². The molecule has 0 bridgehead atoms. The molecule has 2 rings (SSSR count). The van der Waals surface area contributed by atoms with Crippen LogP contribution in [0.25, 0.3) is 0 Å². The topological polar surface area (TPSA) is 70.4 Å². The zero-order valence-corrected chi connectivity index (χ0v) is 15.6. The van der Waals surface area contributed by atoms with Crippen LogP contribution < -0.4 is 10.6 Å². The van der Waals surface area contributed by atoms with Crippen molar-refractivity contribution in [2.75, 3.05) is 26.2 Å². The molecule has 1 aliphatic heterocycles. The lowest BCUT2D eigenvalue weighted by Crippen LogP contribution is -2.49. The molecule has 1 aromatic rings. The zero-order valence-electron chi connectivity index (χ0n) is 15.6. The third-order valence-electron chi connectivity index (χ3n) is 4.57. The van der Waals surface area contributed by atoms with E-state index in [9.17, 15) is 0 Å². The van der Waals surface area contributed by atoms with Crippen LogP contribution in [0.3, 0.4) is 0 Å². The fourth-order valence-electron chi connectivity index (χ4n) is 3.08. The van der Waals surface area contributed by atoms with Gasteiger partial charge in [-0.05, 0) is 33.6 Å². The molecule has 0 amide bonds. The maximum atomic E-state index is 4.72. The van der Waals surface area contributed by atoms with E-state index in [2.05, 4.69) is 58.0 Å². The highest BCUT2D eigenvalue weighted by atomic mass is 15.3. The van der Waals surface area contributed by atoms with Crippen LogP contribution in [-0.4, -0.2) is 63.9 Å². The van der Waals surface area contributed by atoms with Crippen LogP contribution in [0.2, 0.25) is 0 Å². The third kappa shape index (κ3) is 5.47. The summed E-state index contributed by atoms with van der Waals surface area (Å²) in [6.07, 6.45) is 5.04. The summed E-state index contributed by atoms with van der Waals surface area (Å²) in [5, 5.41) is 15.0. The predicted octanol–water partition coefficient (Wildman–Crippen LogP) is 1.27. The molecule has 1 aromatic heterocycles. The first-order valence-corrected chi connectivity index (χ1v) is 9.29. The number of nitrogens with zero attached hydrogens (tertiary/aromatic N) is 5. The van der Waals surface area contributed by atoms with E-state index >= 15 is 0 Å². The lowest BCUT2D eigenvalue weighted by Gasteiger charge is -2.35. The van der Waals surface area contributed by atoms with Crippen molar-refractivity contribution in [3.05, 3.63) is 12.2 Å². The van der Waals surface area contributed by atoms with E-state index in [-0.39, 0.29) is 0 Å². The van der Waals surface area contributed by atoms with E-state index in [0.29, 0.717) is 12.1 Å². The number of hydrogen-bond donors (Lipinski definition) is 2. The average molecular weight is 336 g/mol. The van der Waals surface area contributed by atoms with E-state index in [0.717, 1.165) is 50.9 Å². The van der Waals surface area contributed by atoms with Crippen molar-refractivity contribution in [2.24, 2.45) is 4.99 Å². The van der Waals surface area contributed by atoms with Crippen LogP contribution >= 0.6 is 0 Å². The maximum absolute atomic E-state index is 4.72. The molecule has 0 aliphatic carbocycles. The highest BCUT2D eigenvalue weighted by Gasteiger charge is 2.21. The Labute approximate surface area is 145 Å². The Morgan fingerprint density at radius 3 is 2.71 bits per heavy atom. The van der Waals surface area contributed by atoms with Crippen LogP contribution in [0.15, 0.2) is 11.3 Å². The molecule has 136 valence electrons. The summed E-state index contributed by atoms with van der Waals surface area (Å²) in [5.74, 6) is 1.94. The summed E-state index contributed by atoms with van der Waals surface area (Å²) in [4.78, 5) is 7.26. The Morgan fingerprint density at radius 2 is 2.08 bits per heavy atom. The normalized spacial score (nSPS) is 17.5. The van der Waals surface area contributed by atoms with Crippen molar-refractivity contribution in [1.82, 2.24) is 30.3 Å². The first kappa shape index (κ1) is 18.7. The molecule has 1 aliphatic rings. The van der Waals surface area contributed by atoms with Gasteiger partial charge in [-0.15, -0.1) is 10.2 Å². The number of hydrogen-bond acceptors (Lipinski definition) is 4. The van der Waals surface area contributed by atoms with E-state index in [1.165, 1.54) is 12.8 Å². The van der Waals surface area contributed by atoms with Gasteiger partial charge in [-0.25, -0.2) is 0 Å². The highest BCUT2D eigenvalue weighted by molar-refractivity contribution is 5.80. The second-order valence-electron chi connectivity index (χ2n) is 6.60. The Balaban J connectivity index is 1.83. The fourth-order valence-corrected chi connectivity index (χ4v) is 3.08. The van der Waals surface area contributed by atoms with E-state index < -0.39 is 0 Å². The van der Waals surface area contributed by atoms with Crippen molar-refractivity contribution < 1.29 is 0 Å². The van der Waals surface area contributed by atoms with Crippen molar-refractivity contribution in [3.63, 3.8) is 0 Å². The number of aliphatic imine (C=N–C) groups is 1. The molecule has 1 fully saturated rings. The van der Waals surface area contributed by atoms with Gasteiger partial charge in [-0.3, -0.25) is 4.99 Å². The minimum absolute atomic E-state index is 0.513. The molecule has 0 spiro atoms. The van der Waals surface area contributed by atoms with E-state index in [1.54, 1.807) is 6.33 Å². The van der Waals surface area contributed by atoms with Crippen molar-refractivity contribution in [1.29, 1.82) is 0 Å². The molecule has 1 saturated heterocycles. The number of aryl methyl sites for hydroxylation is 1. The lowest BCUT2D eigenvalue weighted by molar-refractivity contribution is 0.167. The van der Waals surface area contributed by atoms with Crippen molar-refractivity contribution >= 4 is 5.96 Å². The van der Waals surface area contributed by atoms with Gasteiger partial charge in [0.1, 0.15) is 12.2 Å². The molecule has 7 heteroatoms. The predicted molar refractivity (Wildman–Crippen MR) is 98.2 cm³/mol. The Kier molecular flexibility index (Phi) is 7.49. The number of rotatable bonds is 7. The summed E-state index contributed by atoms with van der Waals surface area (Å²) in [6, 6.07) is 1.16. The minimum Gasteiger partial charge on any atom is -0.357 e. The zero-order chi connectivity index (χ0) is 17.4. The van der Waals surface area contributed by atoms with Gasteiger partial charge in [0.15, 0.2) is 5.96 Å². The second kappa shape index (κ2) is 9.61. The van der Waals surface area contributed by atoms with Gasteiger partial charge in [0.25, 0.3) is 0 Å². The Bertz CT molecular complexity index is 501. The van der Waals surface area contributed by atoms with Crippen LogP contribution in [0.5, 0.6) is 0 Å². The Hall–Kier alpha value is -1.63. The molecule has 0 atom stereocenters. The standard InChI is InChI=1S/C17H33N7/c1-5-16-22-20-13-24(16)12-9-19-17(18-6-2)21-15-7-10-23(11-8-15)14(3)4/h13-15H,5-12H2,1-4H3,(H2,18,19,21). The summed E-state index contributed by atoms with van der Waals surface area (Å²) < 4.78 is 2.08. The van der Waals surface area contributed by atoms with Gasteiger partial charge in [0.2, 0.25) is 0 Å². The number of aromatic nitrogens is 3. The molecule has 2 heterocycles. The largest absolute Gasteiger partial charge is 0.357 e. The molecule has 0 saturated carbocycles. The molecule has 0 radical (unpaired) electrons. The van der Waals surface area contributed by atoms with Crippen LogP contribution in [0.1, 0.15) is 46.4 Å². The molecule has 2 N–H and O–H groups in total. The molecular weight excluding hydrogens is 302 g/mol. The number of piperidine rings is 1. The first-order chi connectivity index (χ1) is 11.6. The minimum atomic E-state index is 0.513. The third-order valence-corrected chi connectivity index (χ3v) is 4.57. The van der Waals surface area contributed by atoms with Crippen LogP contribution in [0.4, 0.5) is 0 Å². The smallest absolute Gasteiger partial charge is 0.191 e. The average Bonchev–Trinajstić information content (AvgIpc) is 3.03. The van der Waals surface area contributed by atoms with Crippen molar-refractivity contribution in [2.45, 2.75) is 65.6 Å². The monoisotopic (exact) mass is 335 g/mol. The van der Waals surface area contributed by atoms with E-state index in [4.69, 9.17) is 4.99 Å². The summed E-state index contributed by atoms with van der Waals surface area (Å²) >= 11 is 0. The second-order valence-corrected chi connectivity index (χ2v) is 6.60. The fraction of sp³-hybridized carbons (Fsp3) is 0.824. The van der Waals surface area contributed by atoms with Gasteiger partial charge in [0, 0.05) is 44.7 Å². The first-order valence-electron chi connectivity index (χ1n) is 9.29. The molecular formula is C17H33N7.